The summed E-state index contributed by atoms with van der Waals surface area (Å²) < 4.78 is 0. The summed E-state index contributed by atoms with van der Waals surface area (Å²) in [5, 5.41) is 21.3. The number of aryl methyl sites for hydroxylation is 1. The Kier molecular flexibility index (Phi) is 2.90. The van der Waals surface area contributed by atoms with Crippen LogP contribution in [0.15, 0.2) is 23.4 Å². The standard InChI is InChI=1S/C10H13NO2/c1-3-9(11-13)8-6-7(2)4-5-10(8)12/h4-6,12-13H,3H2,1-2H3/b11-9+. The van der Waals surface area contributed by atoms with Gasteiger partial charge in [-0.2, -0.15) is 0 Å². The van der Waals surface area contributed by atoms with Crippen molar-refractivity contribution in [2.24, 2.45) is 5.16 Å². The molecule has 0 aliphatic rings. The first kappa shape index (κ1) is 9.58. The van der Waals surface area contributed by atoms with Crippen LogP contribution in [0.2, 0.25) is 0 Å². The molecule has 1 aromatic carbocycles. The zero-order valence-electron chi connectivity index (χ0n) is 7.78. The van der Waals surface area contributed by atoms with Gasteiger partial charge in [-0.3, -0.25) is 0 Å². The van der Waals surface area contributed by atoms with Gasteiger partial charge in [0.2, 0.25) is 0 Å². The predicted molar refractivity (Wildman–Crippen MR) is 51.5 cm³/mol. The van der Waals surface area contributed by atoms with Gasteiger partial charge in [0.1, 0.15) is 5.75 Å². The Balaban J connectivity index is 3.19. The maximum Gasteiger partial charge on any atom is 0.124 e. The zero-order chi connectivity index (χ0) is 9.84. The van der Waals surface area contributed by atoms with Gasteiger partial charge in [0.05, 0.1) is 5.71 Å². The molecule has 0 amide bonds. The lowest BCUT2D eigenvalue weighted by molar-refractivity contribution is 0.318. The quantitative estimate of drug-likeness (QED) is 0.415. The Morgan fingerprint density at radius 2 is 2.15 bits per heavy atom. The largest absolute Gasteiger partial charge is 0.507 e. The summed E-state index contributed by atoms with van der Waals surface area (Å²) >= 11 is 0. The van der Waals surface area contributed by atoms with E-state index in [-0.39, 0.29) is 5.75 Å². The smallest absolute Gasteiger partial charge is 0.124 e. The monoisotopic (exact) mass is 179 g/mol. The highest BCUT2D eigenvalue weighted by Gasteiger charge is 2.07. The van der Waals surface area contributed by atoms with Crippen molar-refractivity contribution >= 4 is 5.71 Å². The molecule has 0 atom stereocenters. The normalized spacial score (nSPS) is 11.7. The van der Waals surface area contributed by atoms with E-state index in [1.807, 2.05) is 19.9 Å². The van der Waals surface area contributed by atoms with E-state index in [1.54, 1.807) is 12.1 Å². The summed E-state index contributed by atoms with van der Waals surface area (Å²) in [6, 6.07) is 5.21. The molecular weight excluding hydrogens is 166 g/mol. The maximum absolute atomic E-state index is 9.48. The average molecular weight is 179 g/mol. The van der Waals surface area contributed by atoms with Crippen molar-refractivity contribution in [3.8, 4) is 5.75 Å². The summed E-state index contributed by atoms with van der Waals surface area (Å²) in [5.74, 6) is 0.153. The van der Waals surface area contributed by atoms with Crippen molar-refractivity contribution in [1.29, 1.82) is 0 Å². The SMILES string of the molecule is CC/C(=N\O)c1cc(C)ccc1O. The first-order valence-corrected chi connectivity index (χ1v) is 4.20. The van der Waals surface area contributed by atoms with Gasteiger partial charge in [-0.25, -0.2) is 0 Å². The van der Waals surface area contributed by atoms with Crippen LogP contribution >= 0.6 is 0 Å². The molecule has 1 aromatic rings. The Morgan fingerprint density at radius 3 is 2.69 bits per heavy atom. The molecule has 0 heterocycles. The van der Waals surface area contributed by atoms with Gasteiger partial charge in [-0.1, -0.05) is 23.7 Å². The molecule has 0 unspecified atom stereocenters. The molecule has 0 radical (unpaired) electrons. The third-order valence-corrected chi connectivity index (χ3v) is 1.92. The lowest BCUT2D eigenvalue weighted by atomic mass is 10.0. The van der Waals surface area contributed by atoms with Gasteiger partial charge >= 0.3 is 0 Å². The van der Waals surface area contributed by atoms with Crippen LogP contribution in [0.5, 0.6) is 5.75 Å². The highest BCUT2D eigenvalue weighted by Crippen LogP contribution is 2.20. The van der Waals surface area contributed by atoms with E-state index in [0.29, 0.717) is 17.7 Å². The van der Waals surface area contributed by atoms with Crippen LogP contribution in [-0.2, 0) is 0 Å². The number of nitrogens with zero attached hydrogens (tertiary/aromatic N) is 1. The average Bonchev–Trinajstić information content (AvgIpc) is 2.13. The summed E-state index contributed by atoms with van der Waals surface area (Å²) in [4.78, 5) is 0. The fourth-order valence-electron chi connectivity index (χ4n) is 1.20. The van der Waals surface area contributed by atoms with Gasteiger partial charge < -0.3 is 10.3 Å². The number of rotatable bonds is 2. The van der Waals surface area contributed by atoms with Crippen molar-refractivity contribution in [3.63, 3.8) is 0 Å². The van der Waals surface area contributed by atoms with Gasteiger partial charge in [0.15, 0.2) is 0 Å². The molecule has 0 saturated carbocycles. The minimum Gasteiger partial charge on any atom is -0.507 e. The van der Waals surface area contributed by atoms with Crippen LogP contribution in [0.25, 0.3) is 0 Å². The molecule has 3 nitrogen and oxygen atoms in total. The van der Waals surface area contributed by atoms with Gasteiger partial charge in [0, 0.05) is 5.56 Å². The molecule has 70 valence electrons. The van der Waals surface area contributed by atoms with E-state index in [4.69, 9.17) is 5.21 Å². The lowest BCUT2D eigenvalue weighted by Crippen LogP contribution is -1.99. The van der Waals surface area contributed by atoms with Crippen LogP contribution in [-0.4, -0.2) is 16.0 Å². The Hall–Kier alpha value is -1.51. The van der Waals surface area contributed by atoms with Crippen molar-refractivity contribution in [1.82, 2.24) is 0 Å². The second-order valence-electron chi connectivity index (χ2n) is 2.92. The summed E-state index contributed by atoms with van der Waals surface area (Å²) in [7, 11) is 0. The number of phenolic OH excluding ortho intramolecular Hbond substituents is 1. The first-order chi connectivity index (χ1) is 6.19. The van der Waals surface area contributed by atoms with Crippen LogP contribution in [0.1, 0.15) is 24.5 Å². The van der Waals surface area contributed by atoms with E-state index < -0.39 is 0 Å². The van der Waals surface area contributed by atoms with E-state index in [0.717, 1.165) is 5.56 Å². The van der Waals surface area contributed by atoms with E-state index >= 15 is 0 Å². The first-order valence-electron chi connectivity index (χ1n) is 4.20. The van der Waals surface area contributed by atoms with Crippen molar-refractivity contribution < 1.29 is 10.3 Å². The van der Waals surface area contributed by atoms with Gasteiger partial charge in [0.25, 0.3) is 0 Å². The number of hydrogen-bond donors (Lipinski definition) is 2. The zero-order valence-corrected chi connectivity index (χ0v) is 7.78. The molecule has 1 rings (SSSR count). The van der Waals surface area contributed by atoms with Gasteiger partial charge in [-0.15, -0.1) is 0 Å². The van der Waals surface area contributed by atoms with Crippen molar-refractivity contribution in [3.05, 3.63) is 29.3 Å². The minimum absolute atomic E-state index is 0.153. The molecule has 0 saturated heterocycles. The van der Waals surface area contributed by atoms with Crippen LogP contribution in [0.4, 0.5) is 0 Å². The maximum atomic E-state index is 9.48. The fraction of sp³-hybridized carbons (Fsp3) is 0.300. The summed E-state index contributed by atoms with van der Waals surface area (Å²) in [6.45, 7) is 3.80. The number of benzene rings is 1. The number of aromatic hydroxyl groups is 1. The van der Waals surface area contributed by atoms with Gasteiger partial charge in [-0.05, 0) is 25.5 Å². The number of phenols is 1. The molecule has 0 bridgehead atoms. The second-order valence-corrected chi connectivity index (χ2v) is 2.92. The molecule has 0 aromatic heterocycles. The third kappa shape index (κ3) is 1.99. The van der Waals surface area contributed by atoms with Crippen LogP contribution in [0, 0.1) is 6.92 Å². The Morgan fingerprint density at radius 1 is 1.46 bits per heavy atom. The molecule has 0 aliphatic carbocycles. The third-order valence-electron chi connectivity index (χ3n) is 1.92. The predicted octanol–water partition coefficient (Wildman–Crippen LogP) is 2.29. The molecule has 13 heavy (non-hydrogen) atoms. The molecule has 2 N–H and O–H groups in total. The molecule has 0 fully saturated rings. The lowest BCUT2D eigenvalue weighted by Gasteiger charge is -2.05. The van der Waals surface area contributed by atoms with Crippen LogP contribution < -0.4 is 0 Å². The summed E-state index contributed by atoms with van der Waals surface area (Å²) in [5.41, 5.74) is 2.13. The summed E-state index contributed by atoms with van der Waals surface area (Å²) in [6.07, 6.45) is 0.591. The number of oxime groups is 1. The van der Waals surface area contributed by atoms with E-state index in [9.17, 15) is 5.11 Å². The molecular formula is C10H13NO2. The van der Waals surface area contributed by atoms with E-state index in [2.05, 4.69) is 5.16 Å². The molecule has 0 aliphatic heterocycles. The Labute approximate surface area is 77.3 Å². The topological polar surface area (TPSA) is 52.8 Å². The highest BCUT2D eigenvalue weighted by atomic mass is 16.4. The number of hydrogen-bond acceptors (Lipinski definition) is 3. The molecule has 3 heteroatoms. The highest BCUT2D eigenvalue weighted by molar-refractivity contribution is 6.02. The fourth-order valence-corrected chi connectivity index (χ4v) is 1.20. The van der Waals surface area contributed by atoms with Crippen molar-refractivity contribution in [2.45, 2.75) is 20.3 Å². The minimum atomic E-state index is 0.153. The van der Waals surface area contributed by atoms with Crippen LogP contribution in [0.3, 0.4) is 0 Å². The van der Waals surface area contributed by atoms with E-state index in [1.165, 1.54) is 0 Å². The van der Waals surface area contributed by atoms with Crippen molar-refractivity contribution in [2.75, 3.05) is 0 Å². The Bertz CT molecular complexity index is 332. The molecule has 0 spiro atoms. The second kappa shape index (κ2) is 3.94.